The number of Topliss-reactive ketones (excluding diaryl/α,β-unsaturated/α-hetero) is 1. The first-order valence-corrected chi connectivity index (χ1v) is 21.5. The van der Waals surface area contributed by atoms with Crippen LogP contribution in [0.15, 0.2) is 146 Å². The third-order valence-electron chi connectivity index (χ3n) is 13.2. The third kappa shape index (κ3) is 7.44. The molecule has 2 saturated heterocycles. The van der Waals surface area contributed by atoms with Crippen LogP contribution >= 0.6 is 0 Å². The predicted molar refractivity (Wildman–Crippen MR) is 239 cm³/mol. The summed E-state index contributed by atoms with van der Waals surface area (Å²) in [6.07, 6.45) is 16.1. The van der Waals surface area contributed by atoms with Crippen molar-refractivity contribution in [3.8, 4) is 45.0 Å². The molecule has 9 nitrogen and oxygen atoms in total. The molecule has 0 N–H and O–H groups in total. The van der Waals surface area contributed by atoms with Crippen molar-refractivity contribution in [2.45, 2.75) is 63.5 Å². The molecule has 0 amide bonds. The van der Waals surface area contributed by atoms with E-state index in [1.165, 1.54) is 11.1 Å². The fourth-order valence-electron chi connectivity index (χ4n) is 9.59. The molecule has 2 fully saturated rings. The Balaban J connectivity index is 0.733. The van der Waals surface area contributed by atoms with E-state index in [4.69, 9.17) is 9.97 Å². The van der Waals surface area contributed by atoms with Gasteiger partial charge in [-0.25, -0.2) is 9.97 Å². The van der Waals surface area contributed by atoms with Crippen LogP contribution in [0, 0.1) is 0 Å². The minimum atomic E-state index is -0.0987. The number of rotatable bonds is 10. The molecule has 2 aliphatic heterocycles. The summed E-state index contributed by atoms with van der Waals surface area (Å²) in [6.45, 7) is 7.92. The second kappa shape index (κ2) is 16.4. The molecule has 0 saturated carbocycles. The molecule has 8 aromatic rings. The predicted octanol–water partition coefficient (Wildman–Crippen LogP) is 9.85. The minimum Gasteiger partial charge on any atom is -0.300 e. The van der Waals surface area contributed by atoms with E-state index in [1.807, 2.05) is 61.2 Å². The Morgan fingerprint density at radius 3 is 1.35 bits per heavy atom. The van der Waals surface area contributed by atoms with Crippen molar-refractivity contribution in [3.63, 3.8) is 0 Å². The zero-order valence-electron chi connectivity index (χ0n) is 34.3. The highest BCUT2D eigenvalue weighted by Crippen LogP contribution is 2.34. The Morgan fingerprint density at radius 1 is 0.517 bits per heavy atom. The Morgan fingerprint density at radius 2 is 0.933 bits per heavy atom. The van der Waals surface area contributed by atoms with Crippen molar-refractivity contribution in [2.24, 2.45) is 0 Å². The summed E-state index contributed by atoms with van der Waals surface area (Å²) in [4.78, 5) is 37.6. The lowest BCUT2D eigenvalue weighted by molar-refractivity contribution is -0.129. The second-order valence-electron chi connectivity index (χ2n) is 16.6. The van der Waals surface area contributed by atoms with Gasteiger partial charge in [0.15, 0.2) is 5.78 Å². The van der Waals surface area contributed by atoms with Crippen molar-refractivity contribution in [1.82, 2.24) is 38.5 Å². The number of fused-ring (bicyclic) bond motifs is 2. The van der Waals surface area contributed by atoms with Gasteiger partial charge in [-0.05, 0) is 137 Å². The van der Waals surface area contributed by atoms with Gasteiger partial charge in [0.2, 0.25) is 0 Å². The number of piperidine rings is 2. The summed E-state index contributed by atoms with van der Waals surface area (Å²) in [5, 5.41) is 0. The highest BCUT2D eigenvalue weighted by Gasteiger charge is 2.34. The summed E-state index contributed by atoms with van der Waals surface area (Å²) in [5.74, 6) is 1.24. The van der Waals surface area contributed by atoms with Gasteiger partial charge in [0.05, 0.1) is 47.3 Å². The summed E-state index contributed by atoms with van der Waals surface area (Å²) < 4.78 is 4.35. The van der Waals surface area contributed by atoms with Gasteiger partial charge in [0.25, 0.3) is 0 Å². The maximum atomic E-state index is 14.0. The van der Waals surface area contributed by atoms with Crippen molar-refractivity contribution in [1.29, 1.82) is 0 Å². The van der Waals surface area contributed by atoms with Crippen LogP contribution in [0.3, 0.4) is 0 Å². The van der Waals surface area contributed by atoms with Gasteiger partial charge in [-0.15, -0.1) is 0 Å². The van der Waals surface area contributed by atoms with Crippen LogP contribution in [0.1, 0.15) is 62.5 Å². The molecule has 300 valence electrons. The summed E-state index contributed by atoms with van der Waals surface area (Å²) in [6, 6.07) is 37.8. The molecule has 2 aromatic carbocycles. The van der Waals surface area contributed by atoms with E-state index in [1.54, 1.807) is 0 Å². The van der Waals surface area contributed by atoms with E-state index in [2.05, 4.69) is 128 Å². The van der Waals surface area contributed by atoms with E-state index in [-0.39, 0.29) is 12.1 Å². The van der Waals surface area contributed by atoms with Crippen LogP contribution in [0.2, 0.25) is 0 Å². The van der Waals surface area contributed by atoms with Gasteiger partial charge in [-0.3, -0.25) is 33.4 Å². The standard InChI is InChI=1S/C51H50N8O/c1-35(56-23-15-37(16-24-56)41-19-27-58-47(33-54-49(58)31-41)43-13-21-52-45(29-43)39-9-5-3-6-10-39)51(60)36(2)57-25-17-38(18-26-57)42-20-28-59-48(34-55-50(59)32-42)44-14-22-53-46(30-44)40-11-7-4-8-12-40/h3-14,19-22,27-38H,15-18,23-26H2,1-2H3. The first-order valence-electron chi connectivity index (χ1n) is 21.5. The molecule has 0 aliphatic carbocycles. The number of likely N-dealkylation sites (tertiary alicyclic amines) is 2. The minimum absolute atomic E-state index is 0.0987. The lowest BCUT2D eigenvalue weighted by Crippen LogP contribution is -2.52. The molecule has 0 spiro atoms. The van der Waals surface area contributed by atoms with Crippen LogP contribution < -0.4 is 0 Å². The average molecular weight is 791 g/mol. The quantitative estimate of drug-likeness (QED) is 0.136. The number of carbonyl (C=O) groups excluding carboxylic acids is 1. The molecule has 8 heterocycles. The van der Waals surface area contributed by atoms with Crippen LogP contribution in [-0.4, -0.2) is 82.6 Å². The number of hydrogen-bond donors (Lipinski definition) is 0. The fraction of sp³-hybridized carbons (Fsp3) is 0.275. The molecule has 2 aliphatic rings. The van der Waals surface area contributed by atoms with Gasteiger partial charge in [0.1, 0.15) is 11.3 Å². The number of aromatic nitrogens is 6. The molecule has 2 unspecified atom stereocenters. The topological polar surface area (TPSA) is 83.9 Å². The molecule has 10 rings (SSSR count). The Bertz CT molecular complexity index is 2570. The first kappa shape index (κ1) is 37.9. The summed E-state index contributed by atoms with van der Waals surface area (Å²) >= 11 is 0. The molecule has 60 heavy (non-hydrogen) atoms. The first-order chi connectivity index (χ1) is 29.5. The van der Waals surface area contributed by atoms with Crippen LogP contribution in [0.5, 0.6) is 0 Å². The van der Waals surface area contributed by atoms with Gasteiger partial charge < -0.3 is 0 Å². The van der Waals surface area contributed by atoms with E-state index >= 15 is 0 Å². The largest absolute Gasteiger partial charge is 0.300 e. The van der Waals surface area contributed by atoms with Crippen molar-refractivity contribution in [3.05, 3.63) is 158 Å². The Labute approximate surface area is 351 Å². The highest BCUT2D eigenvalue weighted by molar-refractivity contribution is 5.88. The maximum absolute atomic E-state index is 14.0. The fourth-order valence-corrected chi connectivity index (χ4v) is 9.59. The van der Waals surface area contributed by atoms with Gasteiger partial charge in [0, 0.05) is 47.0 Å². The van der Waals surface area contributed by atoms with Crippen LogP contribution in [-0.2, 0) is 4.79 Å². The summed E-state index contributed by atoms with van der Waals surface area (Å²) in [5.41, 5.74) is 13.0. The van der Waals surface area contributed by atoms with E-state index in [0.717, 1.165) is 108 Å². The number of pyridine rings is 4. The smallest absolute Gasteiger partial charge is 0.166 e. The molecule has 9 heteroatoms. The molecular weight excluding hydrogens is 741 g/mol. The second-order valence-corrected chi connectivity index (χ2v) is 16.6. The van der Waals surface area contributed by atoms with Gasteiger partial charge in [-0.1, -0.05) is 60.7 Å². The Kier molecular flexibility index (Phi) is 10.4. The monoisotopic (exact) mass is 790 g/mol. The number of nitrogens with zero attached hydrogens (tertiary/aromatic N) is 8. The molecular formula is C51H50N8O. The maximum Gasteiger partial charge on any atom is 0.166 e. The number of benzene rings is 2. The number of carbonyl (C=O) groups is 1. The van der Waals surface area contributed by atoms with Gasteiger partial charge >= 0.3 is 0 Å². The van der Waals surface area contributed by atoms with Crippen molar-refractivity contribution >= 4 is 17.1 Å². The molecule has 2 atom stereocenters. The van der Waals surface area contributed by atoms with Gasteiger partial charge in [-0.2, -0.15) is 0 Å². The normalized spacial score (nSPS) is 17.0. The SMILES string of the molecule is CC(C(=O)C(C)N1CCC(c2ccn3c(-c4ccnc(-c5ccccc5)c4)cnc3c2)CC1)N1CCC(c2ccn3c(-c4ccnc(-c5ccccc5)c4)cnc3c2)CC1. The third-order valence-corrected chi connectivity index (χ3v) is 13.2. The van der Waals surface area contributed by atoms with E-state index in [0.29, 0.717) is 17.6 Å². The highest BCUT2D eigenvalue weighted by atomic mass is 16.1. The van der Waals surface area contributed by atoms with Crippen molar-refractivity contribution < 1.29 is 4.79 Å². The lowest BCUT2D eigenvalue weighted by atomic mass is 9.88. The lowest BCUT2D eigenvalue weighted by Gasteiger charge is -2.40. The average Bonchev–Trinajstić information content (AvgIpc) is 3.96. The number of imidazole rings is 2. The van der Waals surface area contributed by atoms with Crippen molar-refractivity contribution in [2.75, 3.05) is 26.2 Å². The zero-order chi connectivity index (χ0) is 40.6. The van der Waals surface area contributed by atoms with E-state index < -0.39 is 0 Å². The van der Waals surface area contributed by atoms with E-state index in [9.17, 15) is 4.79 Å². The Hall–Kier alpha value is -6.29. The molecule has 6 aromatic heterocycles. The number of hydrogen-bond acceptors (Lipinski definition) is 7. The number of ketones is 1. The zero-order valence-corrected chi connectivity index (χ0v) is 34.3. The molecule has 0 radical (unpaired) electrons. The van der Waals surface area contributed by atoms with Crippen LogP contribution in [0.25, 0.3) is 56.3 Å². The summed E-state index contributed by atoms with van der Waals surface area (Å²) in [7, 11) is 0. The molecule has 0 bridgehead atoms. The van der Waals surface area contributed by atoms with Crippen LogP contribution in [0.4, 0.5) is 0 Å².